The van der Waals surface area contributed by atoms with Crippen LogP contribution in [0.25, 0.3) is 16.9 Å². The summed E-state index contributed by atoms with van der Waals surface area (Å²) in [5.41, 5.74) is 3.24. The molecule has 1 N–H and O–H groups in total. The van der Waals surface area contributed by atoms with E-state index in [9.17, 15) is 5.11 Å². The molecule has 0 spiro atoms. The second-order valence-electron chi connectivity index (χ2n) is 4.35. The van der Waals surface area contributed by atoms with Crippen molar-refractivity contribution in [2.24, 2.45) is 0 Å². The summed E-state index contributed by atoms with van der Waals surface area (Å²) in [6.07, 6.45) is 1.82. The van der Waals surface area contributed by atoms with Crippen LogP contribution in [-0.2, 0) is 6.61 Å². The minimum absolute atomic E-state index is 0.0764. The largest absolute Gasteiger partial charge is 0.392 e. The fraction of sp³-hybridized carbons (Fsp3) is 0.0667. The minimum Gasteiger partial charge on any atom is -0.392 e. The molecule has 0 fully saturated rings. The van der Waals surface area contributed by atoms with Gasteiger partial charge in [0.05, 0.1) is 18.5 Å². The van der Waals surface area contributed by atoms with Gasteiger partial charge in [-0.05, 0) is 12.1 Å². The van der Waals surface area contributed by atoms with Crippen LogP contribution in [0.3, 0.4) is 0 Å². The van der Waals surface area contributed by atoms with Crippen molar-refractivity contribution in [2.75, 3.05) is 0 Å². The topological polar surface area (TPSA) is 50.9 Å². The van der Waals surface area contributed by atoms with Gasteiger partial charge in [0.25, 0.3) is 0 Å². The Bertz CT molecular complexity index is 725. The molecule has 0 radical (unpaired) electrons. The van der Waals surface area contributed by atoms with Crippen molar-refractivity contribution in [1.29, 1.82) is 0 Å². The molecule has 0 saturated heterocycles. The summed E-state index contributed by atoms with van der Waals surface area (Å²) < 4.78 is 1.62. The van der Waals surface area contributed by atoms with Crippen molar-refractivity contribution in [3.05, 3.63) is 65.3 Å². The third-order valence-corrected chi connectivity index (χ3v) is 3.26. The normalized spacial score (nSPS) is 10.7. The molecule has 0 aliphatic carbocycles. The average Bonchev–Trinajstić information content (AvgIpc) is 2.98. The van der Waals surface area contributed by atoms with Crippen LogP contribution in [0.1, 0.15) is 5.56 Å². The van der Waals surface area contributed by atoms with E-state index in [1.54, 1.807) is 22.9 Å². The molecule has 0 unspecified atom stereocenters. The standard InChI is InChI=1S/C15H12ClN3O/c16-13-7-6-12(10-20)15(8-13)19-9-14(17-18-19)11-4-2-1-3-5-11/h1-9,20H,10H2. The van der Waals surface area contributed by atoms with Crippen molar-refractivity contribution < 1.29 is 5.11 Å². The lowest BCUT2D eigenvalue weighted by Crippen LogP contribution is -2.00. The monoisotopic (exact) mass is 285 g/mol. The Labute approximate surface area is 121 Å². The number of aromatic nitrogens is 3. The number of aliphatic hydroxyl groups is 1. The van der Waals surface area contributed by atoms with Gasteiger partial charge in [0.1, 0.15) is 5.69 Å². The molecule has 0 atom stereocenters. The molecular weight excluding hydrogens is 274 g/mol. The van der Waals surface area contributed by atoms with E-state index < -0.39 is 0 Å². The lowest BCUT2D eigenvalue weighted by molar-refractivity contribution is 0.281. The fourth-order valence-electron chi connectivity index (χ4n) is 2.01. The highest BCUT2D eigenvalue weighted by Gasteiger charge is 2.09. The van der Waals surface area contributed by atoms with Crippen LogP contribution in [-0.4, -0.2) is 20.1 Å². The molecule has 0 saturated carbocycles. The molecule has 1 heterocycles. The predicted molar refractivity (Wildman–Crippen MR) is 77.7 cm³/mol. The number of halogens is 1. The molecule has 5 heteroatoms. The first-order valence-corrected chi connectivity index (χ1v) is 6.53. The molecule has 1 aromatic heterocycles. The van der Waals surface area contributed by atoms with Crippen LogP contribution >= 0.6 is 11.6 Å². The third kappa shape index (κ3) is 2.43. The summed E-state index contributed by atoms with van der Waals surface area (Å²) in [5.74, 6) is 0. The summed E-state index contributed by atoms with van der Waals surface area (Å²) in [4.78, 5) is 0. The Hall–Kier alpha value is -2.17. The number of aliphatic hydroxyl groups excluding tert-OH is 1. The van der Waals surface area contributed by atoms with E-state index in [2.05, 4.69) is 10.3 Å². The van der Waals surface area contributed by atoms with E-state index in [1.165, 1.54) is 0 Å². The number of benzene rings is 2. The summed E-state index contributed by atoms with van der Waals surface area (Å²) in [6, 6.07) is 15.1. The third-order valence-electron chi connectivity index (χ3n) is 3.03. The van der Waals surface area contributed by atoms with Gasteiger partial charge in [-0.15, -0.1) is 5.10 Å². The Morgan fingerprint density at radius 3 is 2.65 bits per heavy atom. The van der Waals surface area contributed by atoms with Gasteiger partial charge in [-0.25, -0.2) is 4.68 Å². The van der Waals surface area contributed by atoms with Gasteiger partial charge in [0.15, 0.2) is 0 Å². The molecule has 4 nitrogen and oxygen atoms in total. The van der Waals surface area contributed by atoms with E-state index in [0.29, 0.717) is 5.02 Å². The van der Waals surface area contributed by atoms with E-state index in [0.717, 1.165) is 22.5 Å². The zero-order chi connectivity index (χ0) is 13.9. The van der Waals surface area contributed by atoms with Gasteiger partial charge >= 0.3 is 0 Å². The van der Waals surface area contributed by atoms with Crippen molar-refractivity contribution in [3.8, 4) is 16.9 Å². The van der Waals surface area contributed by atoms with Gasteiger partial charge in [0.2, 0.25) is 0 Å². The summed E-state index contributed by atoms with van der Waals surface area (Å²) in [5, 5.41) is 18.2. The number of rotatable bonds is 3. The minimum atomic E-state index is -0.0764. The van der Waals surface area contributed by atoms with Crippen molar-refractivity contribution >= 4 is 11.6 Å². The van der Waals surface area contributed by atoms with Crippen molar-refractivity contribution in [1.82, 2.24) is 15.0 Å². The summed E-state index contributed by atoms with van der Waals surface area (Å²) in [7, 11) is 0. The maximum atomic E-state index is 9.39. The van der Waals surface area contributed by atoms with E-state index in [1.807, 2.05) is 36.5 Å². The van der Waals surface area contributed by atoms with E-state index >= 15 is 0 Å². The summed E-state index contributed by atoms with van der Waals surface area (Å²) >= 11 is 6.00. The van der Waals surface area contributed by atoms with Crippen molar-refractivity contribution in [2.45, 2.75) is 6.61 Å². The van der Waals surface area contributed by atoms with Gasteiger partial charge in [0, 0.05) is 16.1 Å². The molecule has 20 heavy (non-hydrogen) atoms. The predicted octanol–water partition coefficient (Wildman–Crippen LogP) is 3.08. The zero-order valence-electron chi connectivity index (χ0n) is 10.6. The number of nitrogens with zero attached hydrogens (tertiary/aromatic N) is 3. The average molecular weight is 286 g/mol. The van der Waals surface area contributed by atoms with Gasteiger partial charge in [-0.2, -0.15) is 0 Å². The summed E-state index contributed by atoms with van der Waals surface area (Å²) in [6.45, 7) is -0.0764. The van der Waals surface area contributed by atoms with Gasteiger partial charge < -0.3 is 5.11 Å². The molecule has 0 bridgehead atoms. The van der Waals surface area contributed by atoms with E-state index in [4.69, 9.17) is 11.6 Å². The Morgan fingerprint density at radius 1 is 1.10 bits per heavy atom. The van der Waals surface area contributed by atoms with Crippen molar-refractivity contribution in [3.63, 3.8) is 0 Å². The molecule has 3 rings (SSSR count). The second-order valence-corrected chi connectivity index (χ2v) is 4.78. The highest BCUT2D eigenvalue weighted by atomic mass is 35.5. The lowest BCUT2D eigenvalue weighted by atomic mass is 10.1. The Morgan fingerprint density at radius 2 is 1.90 bits per heavy atom. The highest BCUT2D eigenvalue weighted by Crippen LogP contribution is 2.22. The van der Waals surface area contributed by atoms with E-state index in [-0.39, 0.29) is 6.61 Å². The molecule has 3 aromatic rings. The zero-order valence-corrected chi connectivity index (χ0v) is 11.3. The molecular formula is C15H12ClN3O. The quantitative estimate of drug-likeness (QED) is 0.804. The SMILES string of the molecule is OCc1ccc(Cl)cc1-n1cc(-c2ccccc2)nn1. The van der Waals surface area contributed by atoms with Crippen LogP contribution in [0.5, 0.6) is 0 Å². The molecule has 0 amide bonds. The maximum absolute atomic E-state index is 9.39. The van der Waals surface area contributed by atoms with Gasteiger partial charge in [-0.3, -0.25) is 0 Å². The number of hydrogen-bond donors (Lipinski definition) is 1. The molecule has 2 aromatic carbocycles. The maximum Gasteiger partial charge on any atom is 0.113 e. The first-order valence-electron chi connectivity index (χ1n) is 6.15. The van der Waals surface area contributed by atoms with Crippen LogP contribution in [0, 0.1) is 0 Å². The lowest BCUT2D eigenvalue weighted by Gasteiger charge is -2.06. The number of hydrogen-bond acceptors (Lipinski definition) is 3. The van der Waals surface area contributed by atoms with Crippen LogP contribution < -0.4 is 0 Å². The van der Waals surface area contributed by atoms with Crippen LogP contribution in [0.2, 0.25) is 5.02 Å². The molecule has 0 aliphatic heterocycles. The smallest absolute Gasteiger partial charge is 0.113 e. The molecule has 0 aliphatic rings. The second kappa shape index (κ2) is 5.45. The highest BCUT2D eigenvalue weighted by molar-refractivity contribution is 6.30. The van der Waals surface area contributed by atoms with Crippen LogP contribution in [0.4, 0.5) is 0 Å². The van der Waals surface area contributed by atoms with Crippen LogP contribution in [0.15, 0.2) is 54.7 Å². The Balaban J connectivity index is 2.04. The first-order chi connectivity index (χ1) is 9.78. The first kappa shape index (κ1) is 12.8. The Kier molecular flexibility index (Phi) is 3.50. The molecule has 100 valence electrons. The fourth-order valence-corrected chi connectivity index (χ4v) is 2.17. The van der Waals surface area contributed by atoms with Gasteiger partial charge in [-0.1, -0.05) is 53.2 Å².